The molecule has 0 aliphatic carbocycles. The highest BCUT2D eigenvalue weighted by atomic mass is 16.5. The minimum absolute atomic E-state index is 0.0606. The van der Waals surface area contributed by atoms with Gasteiger partial charge in [-0.05, 0) is 23.6 Å². The normalized spacial score (nSPS) is 13.2. The molecule has 1 heterocycles. The summed E-state index contributed by atoms with van der Waals surface area (Å²) in [6.07, 6.45) is -0.269. The van der Waals surface area contributed by atoms with E-state index in [-0.39, 0.29) is 17.3 Å². The molecule has 0 aliphatic rings. The van der Waals surface area contributed by atoms with Crippen molar-refractivity contribution in [3.05, 3.63) is 24.0 Å². The maximum absolute atomic E-state index is 9.61. The quantitative estimate of drug-likeness (QED) is 0.932. The number of aromatic nitrogens is 2. The van der Waals surface area contributed by atoms with Crippen LogP contribution in [0.1, 0.15) is 32.7 Å². The summed E-state index contributed by atoms with van der Waals surface area (Å²) in [4.78, 5) is 4.38. The number of rotatable bonds is 4. The van der Waals surface area contributed by atoms with Crippen LogP contribution in [-0.2, 0) is 4.74 Å². The number of ether oxygens (including phenoxy) is 2. The van der Waals surface area contributed by atoms with Crippen LogP contribution < -0.4 is 4.74 Å². The highest BCUT2D eigenvalue weighted by Gasteiger charge is 2.30. The lowest BCUT2D eigenvalue weighted by molar-refractivity contribution is 0.00718. The third-order valence-electron chi connectivity index (χ3n) is 3.13. The summed E-state index contributed by atoms with van der Waals surface area (Å²) in [6.45, 7) is 6.13. The molecule has 6 nitrogen and oxygen atoms in total. The molecule has 21 heavy (non-hydrogen) atoms. The van der Waals surface area contributed by atoms with E-state index < -0.39 is 0 Å². The minimum atomic E-state index is -0.269. The van der Waals surface area contributed by atoms with Gasteiger partial charge in [-0.2, -0.15) is 4.98 Å². The molecular weight excluding hydrogens is 272 g/mol. The molecule has 114 valence electrons. The molecular formula is C15H20N2O4. The van der Waals surface area contributed by atoms with E-state index in [1.807, 2.05) is 20.8 Å². The Labute approximate surface area is 123 Å². The topological polar surface area (TPSA) is 77.6 Å². The van der Waals surface area contributed by atoms with Gasteiger partial charge in [-0.15, -0.1) is 0 Å². The summed E-state index contributed by atoms with van der Waals surface area (Å²) in [5, 5.41) is 13.6. The van der Waals surface area contributed by atoms with Crippen molar-refractivity contribution in [3.63, 3.8) is 0 Å². The molecule has 1 atom stereocenters. The number of nitrogens with zero attached hydrogens (tertiary/aromatic N) is 2. The van der Waals surface area contributed by atoms with Crippen LogP contribution in [0.3, 0.4) is 0 Å². The molecule has 6 heteroatoms. The smallest absolute Gasteiger partial charge is 0.258 e. The Bertz CT molecular complexity index is 616. The molecule has 0 saturated heterocycles. The number of methoxy groups -OCH3 is 2. The Morgan fingerprint density at radius 3 is 2.52 bits per heavy atom. The van der Waals surface area contributed by atoms with Crippen molar-refractivity contribution in [1.29, 1.82) is 0 Å². The zero-order valence-corrected chi connectivity index (χ0v) is 12.9. The van der Waals surface area contributed by atoms with Crippen molar-refractivity contribution in [1.82, 2.24) is 10.1 Å². The molecule has 0 radical (unpaired) electrons. The second-order valence-corrected chi connectivity index (χ2v) is 5.83. The van der Waals surface area contributed by atoms with Crippen LogP contribution in [0.4, 0.5) is 0 Å². The molecule has 0 fully saturated rings. The SMILES string of the molecule is COc1cc(-c2nc(C(OC)C(C)(C)C)no2)ccc1O. The molecule has 0 amide bonds. The highest BCUT2D eigenvalue weighted by Crippen LogP contribution is 2.36. The van der Waals surface area contributed by atoms with Crippen LogP contribution in [-0.4, -0.2) is 29.5 Å². The first-order chi connectivity index (χ1) is 9.86. The fourth-order valence-electron chi connectivity index (χ4n) is 2.12. The van der Waals surface area contributed by atoms with Gasteiger partial charge in [0, 0.05) is 12.7 Å². The molecule has 1 aromatic carbocycles. The first-order valence-corrected chi connectivity index (χ1v) is 6.60. The first-order valence-electron chi connectivity index (χ1n) is 6.60. The fourth-order valence-corrected chi connectivity index (χ4v) is 2.12. The lowest BCUT2D eigenvalue weighted by atomic mass is 9.88. The van der Waals surface area contributed by atoms with E-state index in [2.05, 4.69) is 10.1 Å². The zero-order chi connectivity index (χ0) is 15.6. The third-order valence-corrected chi connectivity index (χ3v) is 3.13. The molecule has 2 rings (SSSR count). The summed E-state index contributed by atoms with van der Waals surface area (Å²) >= 11 is 0. The molecule has 2 aromatic rings. The van der Waals surface area contributed by atoms with Crippen LogP contribution in [0.15, 0.2) is 22.7 Å². The predicted molar refractivity (Wildman–Crippen MR) is 77.2 cm³/mol. The molecule has 1 unspecified atom stereocenters. The fraction of sp³-hybridized carbons (Fsp3) is 0.467. The number of benzene rings is 1. The molecule has 1 N–H and O–H groups in total. The van der Waals surface area contributed by atoms with E-state index in [0.29, 0.717) is 23.0 Å². The lowest BCUT2D eigenvalue weighted by Crippen LogP contribution is -2.21. The number of aromatic hydroxyl groups is 1. The van der Waals surface area contributed by atoms with Gasteiger partial charge >= 0.3 is 0 Å². The summed E-state index contributed by atoms with van der Waals surface area (Å²) in [6, 6.07) is 4.86. The van der Waals surface area contributed by atoms with Crippen molar-refractivity contribution < 1.29 is 19.1 Å². The van der Waals surface area contributed by atoms with Gasteiger partial charge in [-0.3, -0.25) is 0 Å². The first kappa shape index (κ1) is 15.3. The molecule has 0 saturated carbocycles. The van der Waals surface area contributed by atoms with Crippen LogP contribution in [0.5, 0.6) is 11.5 Å². The highest BCUT2D eigenvalue weighted by molar-refractivity contribution is 5.59. The Hall–Kier alpha value is -2.08. The second-order valence-electron chi connectivity index (χ2n) is 5.83. The largest absolute Gasteiger partial charge is 0.504 e. The average Bonchev–Trinajstić information content (AvgIpc) is 2.88. The van der Waals surface area contributed by atoms with Gasteiger partial charge < -0.3 is 19.1 Å². The van der Waals surface area contributed by atoms with Crippen molar-refractivity contribution in [3.8, 4) is 23.0 Å². The zero-order valence-electron chi connectivity index (χ0n) is 12.9. The van der Waals surface area contributed by atoms with Crippen LogP contribution in [0.25, 0.3) is 11.5 Å². The minimum Gasteiger partial charge on any atom is -0.504 e. The van der Waals surface area contributed by atoms with Crippen LogP contribution in [0.2, 0.25) is 0 Å². The molecule has 0 spiro atoms. The molecule has 1 aromatic heterocycles. The standard InChI is InChI=1S/C15H20N2O4/c1-15(2,3)12(20-5)13-16-14(21-17-13)9-6-7-10(18)11(8-9)19-4/h6-8,12,18H,1-5H3. The summed E-state index contributed by atoms with van der Waals surface area (Å²) in [5.74, 6) is 1.26. The Kier molecular flexibility index (Phi) is 4.18. The monoisotopic (exact) mass is 292 g/mol. The van der Waals surface area contributed by atoms with Crippen molar-refractivity contribution in [2.45, 2.75) is 26.9 Å². The number of hydrogen-bond acceptors (Lipinski definition) is 6. The van der Waals surface area contributed by atoms with E-state index in [9.17, 15) is 5.11 Å². The van der Waals surface area contributed by atoms with Gasteiger partial charge in [0.1, 0.15) is 6.10 Å². The van der Waals surface area contributed by atoms with Gasteiger partial charge in [-0.1, -0.05) is 25.9 Å². The van der Waals surface area contributed by atoms with Gasteiger partial charge in [0.25, 0.3) is 5.89 Å². The molecule has 0 bridgehead atoms. The van der Waals surface area contributed by atoms with Crippen molar-refractivity contribution in [2.75, 3.05) is 14.2 Å². The lowest BCUT2D eigenvalue weighted by Gasteiger charge is -2.26. The summed E-state index contributed by atoms with van der Waals surface area (Å²) < 4.78 is 15.8. The number of phenolic OH excluding ortho intramolecular Hbond substituents is 1. The Morgan fingerprint density at radius 2 is 1.95 bits per heavy atom. The predicted octanol–water partition coefficient (Wildman–Crippen LogP) is 3.18. The van der Waals surface area contributed by atoms with E-state index in [1.165, 1.54) is 13.2 Å². The van der Waals surface area contributed by atoms with E-state index in [1.54, 1.807) is 19.2 Å². The Morgan fingerprint density at radius 1 is 1.24 bits per heavy atom. The maximum atomic E-state index is 9.61. The van der Waals surface area contributed by atoms with Crippen LogP contribution >= 0.6 is 0 Å². The Balaban J connectivity index is 2.36. The van der Waals surface area contributed by atoms with Gasteiger partial charge in [-0.25, -0.2) is 0 Å². The van der Waals surface area contributed by atoms with Gasteiger partial charge in [0.15, 0.2) is 11.5 Å². The maximum Gasteiger partial charge on any atom is 0.258 e. The van der Waals surface area contributed by atoms with E-state index in [0.717, 1.165) is 0 Å². The van der Waals surface area contributed by atoms with Crippen molar-refractivity contribution in [2.24, 2.45) is 5.41 Å². The van der Waals surface area contributed by atoms with Gasteiger partial charge in [0.2, 0.25) is 5.82 Å². The summed E-state index contributed by atoms with van der Waals surface area (Å²) in [5.41, 5.74) is 0.523. The molecule has 0 aliphatic heterocycles. The van der Waals surface area contributed by atoms with Gasteiger partial charge in [0.05, 0.1) is 7.11 Å². The second kappa shape index (κ2) is 5.73. The van der Waals surface area contributed by atoms with E-state index in [4.69, 9.17) is 14.0 Å². The number of phenols is 1. The average molecular weight is 292 g/mol. The van der Waals surface area contributed by atoms with E-state index >= 15 is 0 Å². The number of hydrogen-bond donors (Lipinski definition) is 1. The van der Waals surface area contributed by atoms with Crippen LogP contribution in [0, 0.1) is 5.41 Å². The third kappa shape index (κ3) is 3.16. The summed E-state index contributed by atoms with van der Waals surface area (Å²) in [7, 11) is 3.11. The van der Waals surface area contributed by atoms with Crippen molar-refractivity contribution >= 4 is 0 Å².